The van der Waals surface area contributed by atoms with Crippen LogP contribution < -0.4 is 9.80 Å². The average molecular weight is 508 g/mol. The Kier molecular flexibility index (Phi) is 6.79. The Morgan fingerprint density at radius 3 is 2.40 bits per heavy atom. The zero-order chi connectivity index (χ0) is 24.4. The van der Waals surface area contributed by atoms with E-state index in [1.807, 2.05) is 47.4 Å². The smallest absolute Gasteiger partial charge is 0.265 e. The Morgan fingerprint density at radius 1 is 0.943 bits per heavy atom. The van der Waals surface area contributed by atoms with Gasteiger partial charge in [-0.25, -0.2) is 4.39 Å². The van der Waals surface area contributed by atoms with Crippen LogP contribution in [-0.4, -0.2) is 49.4 Å². The van der Waals surface area contributed by atoms with Crippen LogP contribution in [0.3, 0.4) is 0 Å². The number of amides is 2. The standard InChI is InChI=1S/C27H23ClFN3O2S/c28-20-7-5-6-19(16-20)17-25-27(34)32(23-10-3-4-11-24(23)35-25)18-26(33)31-14-12-30(13-15-31)22-9-2-1-8-21(22)29/h1-11,16-17H,12-15,18H2. The first-order chi connectivity index (χ1) is 17.0. The molecule has 35 heavy (non-hydrogen) atoms. The number of piperazine rings is 1. The summed E-state index contributed by atoms with van der Waals surface area (Å²) in [5.74, 6) is -0.610. The van der Waals surface area contributed by atoms with E-state index in [-0.39, 0.29) is 24.2 Å². The summed E-state index contributed by atoms with van der Waals surface area (Å²) in [6, 6.07) is 21.6. The summed E-state index contributed by atoms with van der Waals surface area (Å²) in [4.78, 5) is 33.4. The Bertz CT molecular complexity index is 1310. The Balaban J connectivity index is 1.33. The van der Waals surface area contributed by atoms with Gasteiger partial charge in [0.1, 0.15) is 12.4 Å². The van der Waals surface area contributed by atoms with Crippen LogP contribution in [0.4, 0.5) is 15.8 Å². The molecular weight excluding hydrogens is 485 g/mol. The summed E-state index contributed by atoms with van der Waals surface area (Å²) in [7, 11) is 0. The molecule has 0 aliphatic carbocycles. The second kappa shape index (κ2) is 10.1. The van der Waals surface area contributed by atoms with Crippen molar-refractivity contribution < 1.29 is 14.0 Å². The van der Waals surface area contributed by atoms with Crippen molar-refractivity contribution in [2.24, 2.45) is 0 Å². The minimum atomic E-state index is -0.265. The molecule has 1 saturated heterocycles. The molecule has 2 aliphatic rings. The quantitative estimate of drug-likeness (QED) is 0.449. The summed E-state index contributed by atoms with van der Waals surface area (Å²) < 4.78 is 14.2. The van der Waals surface area contributed by atoms with Crippen molar-refractivity contribution in [1.82, 2.24) is 4.90 Å². The topological polar surface area (TPSA) is 43.9 Å². The van der Waals surface area contributed by atoms with Gasteiger partial charge in [-0.05, 0) is 48.0 Å². The SMILES string of the molecule is O=C(CN1C(=O)C(=Cc2cccc(Cl)c2)Sc2ccccc21)N1CCN(c2ccccc2F)CC1. The second-order valence-corrected chi connectivity index (χ2v) is 9.86. The lowest BCUT2D eigenvalue weighted by atomic mass is 10.2. The summed E-state index contributed by atoms with van der Waals surface area (Å²) in [5.41, 5.74) is 2.10. The second-order valence-electron chi connectivity index (χ2n) is 8.34. The third-order valence-electron chi connectivity index (χ3n) is 6.10. The number of fused-ring (bicyclic) bond motifs is 1. The van der Waals surface area contributed by atoms with Gasteiger partial charge in [-0.15, -0.1) is 0 Å². The fraction of sp³-hybridized carbons (Fsp3) is 0.185. The number of halogens is 2. The summed E-state index contributed by atoms with van der Waals surface area (Å²) in [6.45, 7) is 1.95. The molecule has 0 radical (unpaired) electrons. The molecule has 2 amide bonds. The minimum absolute atomic E-state index is 0.0526. The van der Waals surface area contributed by atoms with E-state index in [0.717, 1.165) is 16.1 Å². The van der Waals surface area contributed by atoms with E-state index in [2.05, 4.69) is 0 Å². The van der Waals surface area contributed by atoms with Crippen LogP contribution in [0.25, 0.3) is 6.08 Å². The van der Waals surface area contributed by atoms with Crippen molar-refractivity contribution >= 4 is 52.6 Å². The van der Waals surface area contributed by atoms with Crippen LogP contribution in [-0.2, 0) is 9.59 Å². The third-order valence-corrected chi connectivity index (χ3v) is 7.41. The van der Waals surface area contributed by atoms with Gasteiger partial charge in [0.05, 0.1) is 16.3 Å². The molecule has 5 rings (SSSR count). The number of carbonyl (C=O) groups excluding carboxylic acids is 2. The van der Waals surface area contributed by atoms with E-state index < -0.39 is 0 Å². The molecule has 0 unspecified atom stereocenters. The van der Waals surface area contributed by atoms with Gasteiger partial charge in [0, 0.05) is 36.1 Å². The number of anilines is 2. The van der Waals surface area contributed by atoms with Crippen LogP contribution in [0.15, 0.2) is 82.6 Å². The first kappa shape index (κ1) is 23.5. The molecule has 0 bridgehead atoms. The first-order valence-corrected chi connectivity index (χ1v) is 12.5. The lowest BCUT2D eigenvalue weighted by Gasteiger charge is -2.37. The van der Waals surface area contributed by atoms with E-state index in [1.165, 1.54) is 17.8 Å². The minimum Gasteiger partial charge on any atom is -0.366 e. The Labute approximate surface area is 212 Å². The van der Waals surface area contributed by atoms with Crippen LogP contribution >= 0.6 is 23.4 Å². The number of nitrogens with zero attached hydrogens (tertiary/aromatic N) is 3. The van der Waals surface area contributed by atoms with E-state index in [9.17, 15) is 14.0 Å². The zero-order valence-electron chi connectivity index (χ0n) is 18.9. The molecular formula is C27H23ClFN3O2S. The molecule has 2 aliphatic heterocycles. The Hall–Kier alpha value is -3.29. The zero-order valence-corrected chi connectivity index (χ0v) is 20.4. The third kappa shape index (κ3) is 5.06. The lowest BCUT2D eigenvalue weighted by Crippen LogP contribution is -2.52. The number of rotatable bonds is 4. The van der Waals surface area contributed by atoms with Crippen molar-refractivity contribution in [1.29, 1.82) is 0 Å². The fourth-order valence-corrected chi connectivity index (χ4v) is 5.56. The summed E-state index contributed by atoms with van der Waals surface area (Å²) in [6.07, 6.45) is 1.81. The number of benzene rings is 3. The molecule has 3 aromatic carbocycles. The van der Waals surface area contributed by atoms with Crippen molar-refractivity contribution in [2.75, 3.05) is 42.5 Å². The molecule has 8 heteroatoms. The highest BCUT2D eigenvalue weighted by molar-refractivity contribution is 8.04. The van der Waals surface area contributed by atoms with Gasteiger partial charge >= 0.3 is 0 Å². The largest absolute Gasteiger partial charge is 0.366 e. The number of hydrogen-bond acceptors (Lipinski definition) is 4. The molecule has 3 aromatic rings. The number of carbonyl (C=O) groups is 2. The number of thioether (sulfide) groups is 1. The number of hydrogen-bond donors (Lipinski definition) is 0. The monoisotopic (exact) mass is 507 g/mol. The van der Waals surface area contributed by atoms with Crippen molar-refractivity contribution in [3.8, 4) is 0 Å². The van der Waals surface area contributed by atoms with Crippen molar-refractivity contribution in [3.05, 3.63) is 94.1 Å². The molecule has 0 saturated carbocycles. The predicted octanol–water partition coefficient (Wildman–Crippen LogP) is 5.31. The molecule has 1 fully saturated rings. The van der Waals surface area contributed by atoms with Gasteiger partial charge in [0.2, 0.25) is 5.91 Å². The average Bonchev–Trinajstić information content (AvgIpc) is 2.87. The highest BCUT2D eigenvalue weighted by atomic mass is 35.5. The summed E-state index contributed by atoms with van der Waals surface area (Å²) >= 11 is 7.51. The van der Waals surface area contributed by atoms with Gasteiger partial charge in [0.25, 0.3) is 5.91 Å². The van der Waals surface area contributed by atoms with E-state index in [4.69, 9.17) is 11.6 Å². The van der Waals surface area contributed by atoms with Crippen LogP contribution in [0.5, 0.6) is 0 Å². The van der Waals surface area contributed by atoms with Gasteiger partial charge < -0.3 is 9.80 Å². The van der Waals surface area contributed by atoms with Gasteiger partial charge in [-0.1, -0.05) is 59.8 Å². The van der Waals surface area contributed by atoms with E-state index in [1.54, 1.807) is 40.1 Å². The normalized spacial score (nSPS) is 17.0. The molecule has 2 heterocycles. The van der Waals surface area contributed by atoms with Gasteiger partial charge in [-0.3, -0.25) is 14.5 Å². The van der Waals surface area contributed by atoms with Crippen LogP contribution in [0.1, 0.15) is 5.56 Å². The highest BCUT2D eigenvalue weighted by Gasteiger charge is 2.32. The predicted molar refractivity (Wildman–Crippen MR) is 139 cm³/mol. The van der Waals surface area contributed by atoms with Crippen molar-refractivity contribution in [2.45, 2.75) is 4.90 Å². The van der Waals surface area contributed by atoms with Gasteiger partial charge in [0.15, 0.2) is 0 Å². The van der Waals surface area contributed by atoms with Crippen LogP contribution in [0, 0.1) is 5.82 Å². The highest BCUT2D eigenvalue weighted by Crippen LogP contribution is 2.42. The van der Waals surface area contributed by atoms with Crippen LogP contribution in [0.2, 0.25) is 5.02 Å². The molecule has 178 valence electrons. The van der Waals surface area contributed by atoms with E-state index in [0.29, 0.717) is 41.8 Å². The maximum atomic E-state index is 14.2. The maximum Gasteiger partial charge on any atom is 0.265 e. The fourth-order valence-electron chi connectivity index (χ4n) is 4.31. The number of para-hydroxylation sites is 2. The summed E-state index contributed by atoms with van der Waals surface area (Å²) in [5, 5.41) is 0.592. The maximum absolute atomic E-state index is 14.2. The van der Waals surface area contributed by atoms with Gasteiger partial charge in [-0.2, -0.15) is 0 Å². The molecule has 0 aromatic heterocycles. The van der Waals surface area contributed by atoms with E-state index >= 15 is 0 Å². The van der Waals surface area contributed by atoms with Crippen molar-refractivity contribution in [3.63, 3.8) is 0 Å². The lowest BCUT2D eigenvalue weighted by molar-refractivity contribution is -0.131. The molecule has 0 N–H and O–H groups in total. The molecule has 0 atom stereocenters. The first-order valence-electron chi connectivity index (χ1n) is 11.3. The molecule has 5 nitrogen and oxygen atoms in total. The Morgan fingerprint density at radius 2 is 1.66 bits per heavy atom. The molecule has 0 spiro atoms.